The summed E-state index contributed by atoms with van der Waals surface area (Å²) >= 11 is 0. The molecule has 2 aromatic carbocycles. The smallest absolute Gasteiger partial charge is 0.185 e. The molecule has 0 aliphatic rings. The second kappa shape index (κ2) is 3.93. The van der Waals surface area contributed by atoms with Gasteiger partial charge in [0.2, 0.25) is 0 Å². The van der Waals surface area contributed by atoms with E-state index in [9.17, 15) is 4.79 Å². The van der Waals surface area contributed by atoms with Crippen LogP contribution in [0.4, 0.5) is 0 Å². The Kier molecular flexibility index (Phi) is 2.61. The fourth-order valence-corrected chi connectivity index (χ4v) is 1.92. The molecule has 16 heavy (non-hydrogen) atoms. The average molecular weight is 210 g/mol. The molecule has 0 saturated heterocycles. The van der Waals surface area contributed by atoms with E-state index in [0.717, 1.165) is 5.39 Å². The fraction of sp³-hybridized carbons (Fsp3) is 0.133. The Hall–Kier alpha value is -1.89. The van der Waals surface area contributed by atoms with Crippen molar-refractivity contribution in [2.75, 3.05) is 0 Å². The quantitative estimate of drug-likeness (QED) is 0.544. The van der Waals surface area contributed by atoms with Crippen LogP contribution in [0.1, 0.15) is 21.5 Å². The zero-order chi connectivity index (χ0) is 11.7. The number of allylic oxidation sites excluding steroid dienone is 1. The molecule has 0 aliphatic heterocycles. The Morgan fingerprint density at radius 3 is 2.31 bits per heavy atom. The van der Waals surface area contributed by atoms with Crippen LogP contribution < -0.4 is 0 Å². The topological polar surface area (TPSA) is 17.1 Å². The van der Waals surface area contributed by atoms with Crippen LogP contribution in [-0.2, 0) is 0 Å². The third kappa shape index (κ3) is 1.65. The van der Waals surface area contributed by atoms with Gasteiger partial charge in [0.1, 0.15) is 0 Å². The molecule has 0 atom stereocenters. The maximum absolute atomic E-state index is 11.5. The van der Waals surface area contributed by atoms with E-state index in [2.05, 4.69) is 32.6 Å². The van der Waals surface area contributed by atoms with Crippen molar-refractivity contribution >= 4 is 16.6 Å². The van der Waals surface area contributed by atoms with Gasteiger partial charge in [0.05, 0.1) is 0 Å². The lowest BCUT2D eigenvalue weighted by Crippen LogP contribution is -1.94. The highest BCUT2D eigenvalue weighted by molar-refractivity contribution is 6.07. The molecule has 80 valence electrons. The lowest BCUT2D eigenvalue weighted by Gasteiger charge is -2.06. The van der Waals surface area contributed by atoms with E-state index in [-0.39, 0.29) is 5.78 Å². The van der Waals surface area contributed by atoms with Crippen LogP contribution in [0, 0.1) is 13.8 Å². The molecule has 0 saturated carbocycles. The third-order valence-electron chi connectivity index (χ3n) is 2.92. The number of benzene rings is 2. The van der Waals surface area contributed by atoms with Gasteiger partial charge in [-0.1, -0.05) is 30.8 Å². The summed E-state index contributed by atoms with van der Waals surface area (Å²) in [4.78, 5) is 11.5. The number of aryl methyl sites for hydroxylation is 2. The monoisotopic (exact) mass is 210 g/mol. The number of carbonyl (C=O) groups is 1. The Morgan fingerprint density at radius 1 is 1.06 bits per heavy atom. The molecule has 0 aromatic heterocycles. The number of fused-ring (bicyclic) bond motifs is 1. The van der Waals surface area contributed by atoms with Gasteiger partial charge in [-0.2, -0.15) is 0 Å². The number of ketones is 1. The summed E-state index contributed by atoms with van der Waals surface area (Å²) in [5.74, 6) is -0.0252. The fourth-order valence-electron chi connectivity index (χ4n) is 1.92. The predicted molar refractivity (Wildman–Crippen MR) is 67.9 cm³/mol. The second-order valence-electron chi connectivity index (χ2n) is 4.03. The average Bonchev–Trinajstić information content (AvgIpc) is 2.32. The van der Waals surface area contributed by atoms with Crippen molar-refractivity contribution in [2.45, 2.75) is 13.8 Å². The molecule has 2 rings (SSSR count). The van der Waals surface area contributed by atoms with Crippen molar-refractivity contribution in [3.05, 3.63) is 59.7 Å². The Morgan fingerprint density at radius 2 is 1.69 bits per heavy atom. The van der Waals surface area contributed by atoms with Crippen LogP contribution in [0.15, 0.2) is 43.0 Å². The van der Waals surface area contributed by atoms with Gasteiger partial charge in [0.25, 0.3) is 0 Å². The summed E-state index contributed by atoms with van der Waals surface area (Å²) in [5, 5.41) is 2.35. The Balaban J connectivity index is 2.75. The summed E-state index contributed by atoms with van der Waals surface area (Å²) in [6.45, 7) is 7.65. The van der Waals surface area contributed by atoms with Crippen molar-refractivity contribution in [1.82, 2.24) is 0 Å². The van der Waals surface area contributed by atoms with Crippen LogP contribution in [0.2, 0.25) is 0 Å². The van der Waals surface area contributed by atoms with E-state index < -0.39 is 0 Å². The SMILES string of the molecule is C=CC(=O)c1ccc2c(C)ccc(C)c2c1. The maximum atomic E-state index is 11.5. The normalized spacial score (nSPS) is 10.4. The van der Waals surface area contributed by atoms with Gasteiger partial charge in [-0.15, -0.1) is 0 Å². The number of hydrogen-bond donors (Lipinski definition) is 0. The lowest BCUT2D eigenvalue weighted by atomic mass is 9.98. The van der Waals surface area contributed by atoms with E-state index in [1.165, 1.54) is 22.6 Å². The standard InChI is InChI=1S/C15H14O/c1-4-15(16)12-7-8-13-10(2)5-6-11(3)14(13)9-12/h4-9H,1H2,2-3H3. The van der Waals surface area contributed by atoms with Gasteiger partial charge in [-0.25, -0.2) is 0 Å². The van der Waals surface area contributed by atoms with Crippen LogP contribution in [-0.4, -0.2) is 5.78 Å². The zero-order valence-corrected chi connectivity index (χ0v) is 9.58. The first kappa shape index (κ1) is 10.6. The van der Waals surface area contributed by atoms with Crippen LogP contribution >= 0.6 is 0 Å². The number of carbonyl (C=O) groups excluding carboxylic acids is 1. The van der Waals surface area contributed by atoms with Crippen molar-refractivity contribution in [2.24, 2.45) is 0 Å². The number of rotatable bonds is 2. The molecule has 0 amide bonds. The van der Waals surface area contributed by atoms with Crippen LogP contribution in [0.25, 0.3) is 10.8 Å². The third-order valence-corrected chi connectivity index (χ3v) is 2.92. The largest absolute Gasteiger partial charge is 0.289 e. The predicted octanol–water partition coefficient (Wildman–Crippen LogP) is 3.83. The highest BCUT2D eigenvalue weighted by Crippen LogP contribution is 2.23. The highest BCUT2D eigenvalue weighted by atomic mass is 16.1. The summed E-state index contributed by atoms with van der Waals surface area (Å²) < 4.78 is 0. The molecule has 0 N–H and O–H groups in total. The van der Waals surface area contributed by atoms with Gasteiger partial charge >= 0.3 is 0 Å². The maximum Gasteiger partial charge on any atom is 0.185 e. The second-order valence-corrected chi connectivity index (χ2v) is 4.03. The summed E-state index contributed by atoms with van der Waals surface area (Å²) in [5.41, 5.74) is 3.13. The highest BCUT2D eigenvalue weighted by Gasteiger charge is 2.05. The minimum Gasteiger partial charge on any atom is -0.289 e. The zero-order valence-electron chi connectivity index (χ0n) is 9.58. The summed E-state index contributed by atoms with van der Waals surface area (Å²) in [7, 11) is 0. The van der Waals surface area contributed by atoms with E-state index in [1.807, 2.05) is 18.2 Å². The van der Waals surface area contributed by atoms with Crippen molar-refractivity contribution < 1.29 is 4.79 Å². The number of hydrogen-bond acceptors (Lipinski definition) is 1. The van der Waals surface area contributed by atoms with Gasteiger partial charge < -0.3 is 0 Å². The van der Waals surface area contributed by atoms with E-state index in [1.54, 1.807) is 0 Å². The van der Waals surface area contributed by atoms with Crippen molar-refractivity contribution in [3.63, 3.8) is 0 Å². The first-order valence-electron chi connectivity index (χ1n) is 5.30. The van der Waals surface area contributed by atoms with E-state index in [4.69, 9.17) is 0 Å². The Bertz CT molecular complexity index is 579. The molecule has 0 bridgehead atoms. The minimum absolute atomic E-state index is 0.0252. The Labute approximate surface area is 95.4 Å². The molecule has 0 radical (unpaired) electrons. The molecule has 1 heteroatoms. The lowest BCUT2D eigenvalue weighted by molar-refractivity contribution is 0.104. The van der Waals surface area contributed by atoms with Crippen LogP contribution in [0.5, 0.6) is 0 Å². The van der Waals surface area contributed by atoms with Crippen molar-refractivity contribution in [1.29, 1.82) is 0 Å². The first-order chi connectivity index (χ1) is 7.63. The van der Waals surface area contributed by atoms with Crippen LogP contribution in [0.3, 0.4) is 0 Å². The van der Waals surface area contributed by atoms with Gasteiger partial charge in [-0.3, -0.25) is 4.79 Å². The first-order valence-corrected chi connectivity index (χ1v) is 5.30. The molecule has 0 spiro atoms. The molecule has 1 nitrogen and oxygen atoms in total. The molecular weight excluding hydrogens is 196 g/mol. The van der Waals surface area contributed by atoms with E-state index in [0.29, 0.717) is 5.56 Å². The molecule has 0 fully saturated rings. The van der Waals surface area contributed by atoms with Gasteiger partial charge in [0, 0.05) is 5.56 Å². The molecule has 0 unspecified atom stereocenters. The molecule has 0 aliphatic carbocycles. The summed E-state index contributed by atoms with van der Waals surface area (Å²) in [6.07, 6.45) is 1.35. The minimum atomic E-state index is -0.0252. The van der Waals surface area contributed by atoms with Gasteiger partial charge in [0.15, 0.2) is 5.78 Å². The summed E-state index contributed by atoms with van der Waals surface area (Å²) in [6, 6.07) is 10.0. The molecular formula is C15H14O. The van der Waals surface area contributed by atoms with Gasteiger partial charge in [-0.05, 0) is 47.9 Å². The molecule has 2 aromatic rings. The van der Waals surface area contributed by atoms with Crippen molar-refractivity contribution in [3.8, 4) is 0 Å². The molecule has 0 heterocycles. The van der Waals surface area contributed by atoms with E-state index >= 15 is 0 Å².